The minimum Gasteiger partial charge on any atom is -0.495 e. The molecule has 0 bridgehead atoms. The number of hydrogen-bond donors (Lipinski definition) is 0. The number of amides is 1. The first-order valence-corrected chi connectivity index (χ1v) is 11.1. The molecule has 0 N–H and O–H groups in total. The molecular formula is C25H33N3O2. The lowest BCUT2D eigenvalue weighted by atomic mass is 10.1. The predicted molar refractivity (Wildman–Crippen MR) is 121 cm³/mol. The van der Waals surface area contributed by atoms with Gasteiger partial charge in [-0.15, -0.1) is 0 Å². The van der Waals surface area contributed by atoms with E-state index in [-0.39, 0.29) is 5.91 Å². The van der Waals surface area contributed by atoms with Gasteiger partial charge in [0.05, 0.1) is 19.3 Å². The highest BCUT2D eigenvalue weighted by molar-refractivity contribution is 5.78. The third kappa shape index (κ3) is 4.96. The molecule has 2 aliphatic rings. The lowest BCUT2D eigenvalue weighted by Crippen LogP contribution is -2.51. The van der Waals surface area contributed by atoms with Crippen molar-refractivity contribution in [2.45, 2.75) is 32.4 Å². The topological polar surface area (TPSA) is 36.0 Å². The summed E-state index contributed by atoms with van der Waals surface area (Å²) < 4.78 is 5.52. The highest BCUT2D eigenvalue weighted by Gasteiger charge is 2.35. The number of anilines is 1. The van der Waals surface area contributed by atoms with Crippen LogP contribution in [-0.4, -0.2) is 61.6 Å². The quantitative estimate of drug-likeness (QED) is 0.669. The average Bonchev–Trinajstić information content (AvgIpc) is 3.64. The van der Waals surface area contributed by atoms with Crippen molar-refractivity contribution in [2.75, 3.05) is 44.7 Å². The summed E-state index contributed by atoms with van der Waals surface area (Å²) >= 11 is 0. The standard InChI is InChI=1S/C25H33N3O2/c1-20(22-12-13-22)28(18-21-8-4-3-5-9-21)25(29)19-26-14-16-27(17-15-26)23-10-6-7-11-24(23)30-2/h3-11,20,22H,12-19H2,1-2H3/t20-/m0/s1. The van der Waals surface area contributed by atoms with Gasteiger partial charge in [-0.05, 0) is 43.4 Å². The van der Waals surface area contributed by atoms with Crippen molar-refractivity contribution in [1.82, 2.24) is 9.80 Å². The van der Waals surface area contributed by atoms with E-state index in [1.165, 1.54) is 18.4 Å². The van der Waals surface area contributed by atoms with Gasteiger partial charge in [-0.1, -0.05) is 42.5 Å². The molecule has 1 heterocycles. The van der Waals surface area contributed by atoms with Crippen molar-refractivity contribution < 1.29 is 9.53 Å². The number of para-hydroxylation sites is 2. The minimum absolute atomic E-state index is 0.254. The number of nitrogens with zero attached hydrogens (tertiary/aromatic N) is 3. The first kappa shape index (κ1) is 20.7. The van der Waals surface area contributed by atoms with Gasteiger partial charge in [0.15, 0.2) is 0 Å². The maximum atomic E-state index is 13.3. The van der Waals surface area contributed by atoms with Gasteiger partial charge in [0.2, 0.25) is 5.91 Å². The summed E-state index contributed by atoms with van der Waals surface area (Å²) in [6.07, 6.45) is 2.49. The van der Waals surface area contributed by atoms with Crippen LogP contribution in [0.1, 0.15) is 25.3 Å². The second kappa shape index (κ2) is 9.52. The molecule has 0 spiro atoms. The van der Waals surface area contributed by atoms with Crippen LogP contribution < -0.4 is 9.64 Å². The fourth-order valence-corrected chi connectivity index (χ4v) is 4.39. The summed E-state index contributed by atoms with van der Waals surface area (Å²) in [6.45, 7) is 7.02. The van der Waals surface area contributed by atoms with E-state index in [2.05, 4.69) is 58.0 Å². The molecular weight excluding hydrogens is 374 g/mol. The van der Waals surface area contributed by atoms with Crippen molar-refractivity contribution in [3.05, 3.63) is 60.2 Å². The first-order chi connectivity index (χ1) is 14.7. The van der Waals surface area contributed by atoms with Crippen molar-refractivity contribution in [1.29, 1.82) is 0 Å². The zero-order chi connectivity index (χ0) is 20.9. The van der Waals surface area contributed by atoms with Crippen LogP contribution in [-0.2, 0) is 11.3 Å². The second-order valence-corrected chi connectivity index (χ2v) is 8.52. The number of methoxy groups -OCH3 is 1. The molecule has 1 amide bonds. The normalized spacial score (nSPS) is 18.1. The molecule has 1 aliphatic heterocycles. The Morgan fingerprint density at radius 3 is 2.37 bits per heavy atom. The molecule has 5 nitrogen and oxygen atoms in total. The molecule has 160 valence electrons. The average molecular weight is 408 g/mol. The Bertz CT molecular complexity index is 829. The summed E-state index contributed by atoms with van der Waals surface area (Å²) in [5.41, 5.74) is 2.35. The molecule has 1 aliphatic carbocycles. The Hall–Kier alpha value is -2.53. The third-order valence-corrected chi connectivity index (χ3v) is 6.47. The van der Waals surface area contributed by atoms with Gasteiger partial charge in [0.25, 0.3) is 0 Å². The van der Waals surface area contributed by atoms with Crippen LogP contribution in [0.3, 0.4) is 0 Å². The highest BCUT2D eigenvalue weighted by Crippen LogP contribution is 2.36. The molecule has 2 aromatic rings. The van der Waals surface area contributed by atoms with Gasteiger partial charge in [0.1, 0.15) is 5.75 Å². The Balaban J connectivity index is 1.36. The fourth-order valence-electron chi connectivity index (χ4n) is 4.39. The van der Waals surface area contributed by atoms with Crippen LogP contribution in [0.4, 0.5) is 5.69 Å². The number of carbonyl (C=O) groups is 1. The number of ether oxygens (including phenoxy) is 1. The molecule has 2 aromatic carbocycles. The SMILES string of the molecule is COc1ccccc1N1CCN(CC(=O)N(Cc2ccccc2)[C@@H](C)C2CC2)CC1. The number of benzene rings is 2. The van der Waals surface area contributed by atoms with Gasteiger partial charge in [-0.2, -0.15) is 0 Å². The molecule has 1 atom stereocenters. The highest BCUT2D eigenvalue weighted by atomic mass is 16.5. The molecule has 2 fully saturated rings. The largest absolute Gasteiger partial charge is 0.495 e. The lowest BCUT2D eigenvalue weighted by molar-refractivity contribution is -0.135. The van der Waals surface area contributed by atoms with Gasteiger partial charge < -0.3 is 14.5 Å². The van der Waals surface area contributed by atoms with Crippen molar-refractivity contribution in [3.63, 3.8) is 0 Å². The second-order valence-electron chi connectivity index (χ2n) is 8.52. The first-order valence-electron chi connectivity index (χ1n) is 11.1. The van der Waals surface area contributed by atoms with E-state index < -0.39 is 0 Å². The zero-order valence-corrected chi connectivity index (χ0v) is 18.2. The molecule has 4 rings (SSSR count). The summed E-state index contributed by atoms with van der Waals surface area (Å²) in [5.74, 6) is 1.83. The van der Waals surface area contributed by atoms with E-state index >= 15 is 0 Å². The number of hydrogen-bond acceptors (Lipinski definition) is 4. The smallest absolute Gasteiger partial charge is 0.237 e. The maximum Gasteiger partial charge on any atom is 0.237 e. The number of carbonyl (C=O) groups excluding carboxylic acids is 1. The van der Waals surface area contributed by atoms with E-state index in [9.17, 15) is 4.79 Å². The van der Waals surface area contributed by atoms with Gasteiger partial charge in [-0.25, -0.2) is 0 Å². The summed E-state index contributed by atoms with van der Waals surface area (Å²) in [5, 5.41) is 0. The lowest BCUT2D eigenvalue weighted by Gasteiger charge is -2.38. The predicted octanol–water partition coefficient (Wildman–Crippen LogP) is 3.64. The fraction of sp³-hybridized carbons (Fsp3) is 0.480. The Kier molecular flexibility index (Phi) is 6.58. The summed E-state index contributed by atoms with van der Waals surface area (Å²) in [4.78, 5) is 20.1. The van der Waals surface area contributed by atoms with Crippen LogP contribution in [0.2, 0.25) is 0 Å². The van der Waals surface area contributed by atoms with Gasteiger partial charge in [-0.3, -0.25) is 9.69 Å². The van der Waals surface area contributed by atoms with Crippen molar-refractivity contribution in [3.8, 4) is 5.75 Å². The minimum atomic E-state index is 0.254. The molecule has 0 radical (unpaired) electrons. The van der Waals surface area contributed by atoms with E-state index in [0.29, 0.717) is 25.0 Å². The Morgan fingerprint density at radius 2 is 1.70 bits per heavy atom. The maximum absolute atomic E-state index is 13.3. The summed E-state index contributed by atoms with van der Waals surface area (Å²) in [7, 11) is 1.72. The number of piperazine rings is 1. The van der Waals surface area contributed by atoms with Gasteiger partial charge >= 0.3 is 0 Å². The molecule has 1 saturated carbocycles. The molecule has 1 saturated heterocycles. The van der Waals surface area contributed by atoms with E-state index in [0.717, 1.165) is 37.6 Å². The Labute approximate surface area is 180 Å². The van der Waals surface area contributed by atoms with Crippen molar-refractivity contribution >= 4 is 11.6 Å². The van der Waals surface area contributed by atoms with E-state index in [4.69, 9.17) is 4.74 Å². The molecule has 30 heavy (non-hydrogen) atoms. The summed E-state index contributed by atoms with van der Waals surface area (Å²) in [6, 6.07) is 18.8. The molecule has 0 aromatic heterocycles. The van der Waals surface area contributed by atoms with Crippen LogP contribution in [0.25, 0.3) is 0 Å². The van der Waals surface area contributed by atoms with Crippen molar-refractivity contribution in [2.24, 2.45) is 5.92 Å². The van der Waals surface area contributed by atoms with E-state index in [1.54, 1.807) is 7.11 Å². The zero-order valence-electron chi connectivity index (χ0n) is 18.2. The molecule has 0 unspecified atom stereocenters. The monoisotopic (exact) mass is 407 g/mol. The van der Waals surface area contributed by atoms with Crippen LogP contribution in [0.5, 0.6) is 5.75 Å². The van der Waals surface area contributed by atoms with Gasteiger partial charge in [0, 0.05) is 38.8 Å². The number of rotatable bonds is 8. The van der Waals surface area contributed by atoms with E-state index in [1.807, 2.05) is 18.2 Å². The van der Waals surface area contributed by atoms with Crippen LogP contribution in [0.15, 0.2) is 54.6 Å². The Morgan fingerprint density at radius 1 is 1.03 bits per heavy atom. The van der Waals surface area contributed by atoms with Crippen LogP contribution >= 0.6 is 0 Å². The third-order valence-electron chi connectivity index (χ3n) is 6.47. The molecule has 5 heteroatoms. The van der Waals surface area contributed by atoms with Crippen LogP contribution in [0, 0.1) is 5.92 Å².